The van der Waals surface area contributed by atoms with Crippen molar-refractivity contribution in [3.05, 3.63) is 0 Å². The first-order valence-corrected chi connectivity index (χ1v) is 14.0. The predicted octanol–water partition coefficient (Wildman–Crippen LogP) is 7.30. The van der Waals surface area contributed by atoms with Gasteiger partial charge in [-0.05, 0) is 109 Å². The highest BCUT2D eigenvalue weighted by atomic mass is 16.5. The largest absolute Gasteiger partial charge is 0.377 e. The minimum Gasteiger partial charge on any atom is -0.377 e. The molecule has 0 spiro atoms. The van der Waals surface area contributed by atoms with Gasteiger partial charge < -0.3 is 4.74 Å². The molecule has 2 bridgehead atoms. The molecule has 6 aliphatic rings. The number of Topliss-reactive ketones (excluding diaryl/α,β-unsaturated/α-hetero) is 1. The van der Waals surface area contributed by atoms with E-state index in [1.54, 1.807) is 0 Å². The zero-order valence-corrected chi connectivity index (χ0v) is 21.9. The quantitative estimate of drug-likeness (QED) is 0.395. The van der Waals surface area contributed by atoms with Gasteiger partial charge in [-0.2, -0.15) is 0 Å². The van der Waals surface area contributed by atoms with E-state index in [-0.39, 0.29) is 5.41 Å². The second kappa shape index (κ2) is 6.44. The highest BCUT2D eigenvalue weighted by Gasteiger charge is 2.71. The Kier molecular flexibility index (Phi) is 4.45. The summed E-state index contributed by atoms with van der Waals surface area (Å²) in [6.07, 6.45) is 12.2. The minimum absolute atomic E-state index is 0.118. The Bertz CT molecular complexity index is 827. The summed E-state index contributed by atoms with van der Waals surface area (Å²) >= 11 is 0. The maximum absolute atomic E-state index is 13.0. The fraction of sp³-hybridized carbons (Fsp3) is 0.967. The summed E-state index contributed by atoms with van der Waals surface area (Å²) in [5, 5.41) is 0. The van der Waals surface area contributed by atoms with E-state index in [9.17, 15) is 4.79 Å². The Morgan fingerprint density at radius 3 is 2.19 bits per heavy atom. The maximum atomic E-state index is 13.0. The van der Waals surface area contributed by atoms with Gasteiger partial charge in [0.05, 0.1) is 12.7 Å². The van der Waals surface area contributed by atoms with Crippen LogP contribution in [-0.4, -0.2) is 18.5 Å². The Morgan fingerprint density at radius 1 is 0.781 bits per heavy atom. The molecule has 0 amide bonds. The van der Waals surface area contributed by atoms with Crippen molar-refractivity contribution < 1.29 is 9.53 Å². The number of rotatable bonds is 0. The van der Waals surface area contributed by atoms with Crippen LogP contribution in [0, 0.1) is 62.6 Å². The van der Waals surface area contributed by atoms with Crippen molar-refractivity contribution in [2.75, 3.05) is 6.61 Å². The van der Waals surface area contributed by atoms with Crippen LogP contribution in [0.25, 0.3) is 0 Å². The van der Waals surface area contributed by atoms with Gasteiger partial charge in [0.1, 0.15) is 5.78 Å². The third-order valence-corrected chi connectivity index (χ3v) is 13.6. The van der Waals surface area contributed by atoms with Gasteiger partial charge >= 0.3 is 0 Å². The van der Waals surface area contributed by atoms with Crippen LogP contribution in [0.2, 0.25) is 0 Å². The molecule has 10 atom stereocenters. The van der Waals surface area contributed by atoms with Crippen molar-refractivity contribution in [3.8, 4) is 0 Å². The summed E-state index contributed by atoms with van der Waals surface area (Å²) in [5.74, 6) is 4.85. The monoisotopic (exact) mass is 440 g/mol. The van der Waals surface area contributed by atoms with Crippen LogP contribution in [0.1, 0.15) is 106 Å². The molecule has 6 fully saturated rings. The highest BCUT2D eigenvalue weighted by Crippen LogP contribution is 2.76. The van der Waals surface area contributed by atoms with Crippen LogP contribution in [0.4, 0.5) is 0 Å². The first-order valence-electron chi connectivity index (χ1n) is 14.0. The van der Waals surface area contributed by atoms with E-state index >= 15 is 0 Å². The Morgan fingerprint density at radius 2 is 1.44 bits per heavy atom. The molecule has 180 valence electrons. The molecule has 1 saturated heterocycles. The second-order valence-corrected chi connectivity index (χ2v) is 15.3. The molecule has 2 heteroatoms. The molecule has 5 saturated carbocycles. The molecule has 0 radical (unpaired) electrons. The molecule has 0 aromatic heterocycles. The molecule has 0 N–H and O–H groups in total. The van der Waals surface area contributed by atoms with Crippen molar-refractivity contribution >= 4 is 5.78 Å². The highest BCUT2D eigenvalue weighted by molar-refractivity contribution is 5.85. The van der Waals surface area contributed by atoms with Crippen molar-refractivity contribution in [1.82, 2.24) is 0 Å². The van der Waals surface area contributed by atoms with Crippen LogP contribution in [-0.2, 0) is 9.53 Å². The summed E-state index contributed by atoms with van der Waals surface area (Å²) in [5.41, 5.74) is 1.55. The van der Waals surface area contributed by atoms with Crippen molar-refractivity contribution in [1.29, 1.82) is 0 Å². The number of ether oxygens (including phenoxy) is 1. The van der Waals surface area contributed by atoms with Crippen LogP contribution in [0.3, 0.4) is 0 Å². The third kappa shape index (κ3) is 2.45. The fourth-order valence-electron chi connectivity index (χ4n) is 11.4. The van der Waals surface area contributed by atoms with Gasteiger partial charge in [-0.15, -0.1) is 0 Å². The smallest absolute Gasteiger partial charge is 0.139 e. The van der Waals surface area contributed by atoms with E-state index in [2.05, 4.69) is 48.5 Å². The number of carbonyl (C=O) groups is 1. The standard InChI is InChI=1S/C30H48O2/c1-18-16-22(31)27(4,5)19-10-11-28(6)20(23(18)19)8-9-21-24-25-26(2,3)12-14-30(24,17-32-25)15-13-29(21,28)7/h18-21,23-25H,8-17H2,1-7H3/t18-,19-,20-,21-,23?,24?,25+,28-,29-,30?/m1/s1. The van der Waals surface area contributed by atoms with Gasteiger partial charge in [-0.3, -0.25) is 4.79 Å². The molecule has 1 aliphatic heterocycles. The lowest BCUT2D eigenvalue weighted by Gasteiger charge is -2.71. The zero-order chi connectivity index (χ0) is 22.9. The molecule has 5 aliphatic carbocycles. The van der Waals surface area contributed by atoms with Crippen molar-refractivity contribution in [2.45, 2.75) is 112 Å². The van der Waals surface area contributed by atoms with Gasteiger partial charge in [0.15, 0.2) is 0 Å². The van der Waals surface area contributed by atoms with Gasteiger partial charge in [0.2, 0.25) is 0 Å². The molecule has 0 aromatic rings. The topological polar surface area (TPSA) is 26.3 Å². The Labute approximate surface area is 197 Å². The SMILES string of the molecule is C[C@@H]1CC(=O)C(C)(C)[C@@H]2CC[C@]3(C)[C@H](CC[C@@H]4C5[C@@H]6OCC5(CCC6(C)C)CC[C@]43C)C12. The van der Waals surface area contributed by atoms with Gasteiger partial charge in [0, 0.05) is 11.8 Å². The molecule has 32 heavy (non-hydrogen) atoms. The van der Waals surface area contributed by atoms with E-state index in [0.717, 1.165) is 36.7 Å². The molecule has 2 nitrogen and oxygen atoms in total. The first-order chi connectivity index (χ1) is 14.9. The average molecular weight is 441 g/mol. The lowest BCUT2D eigenvalue weighted by molar-refractivity contribution is -0.223. The van der Waals surface area contributed by atoms with Gasteiger partial charge in [0.25, 0.3) is 0 Å². The van der Waals surface area contributed by atoms with Crippen molar-refractivity contribution in [2.24, 2.45) is 62.6 Å². The van der Waals surface area contributed by atoms with Crippen LogP contribution in [0.5, 0.6) is 0 Å². The van der Waals surface area contributed by atoms with Gasteiger partial charge in [-0.25, -0.2) is 0 Å². The molecule has 3 unspecified atom stereocenters. The zero-order valence-electron chi connectivity index (χ0n) is 21.9. The fourth-order valence-corrected chi connectivity index (χ4v) is 11.4. The number of fused-ring (bicyclic) bond motifs is 5. The molecular formula is C30H48O2. The molecule has 0 aromatic carbocycles. The summed E-state index contributed by atoms with van der Waals surface area (Å²) in [6, 6.07) is 0. The van der Waals surface area contributed by atoms with Crippen LogP contribution >= 0.6 is 0 Å². The van der Waals surface area contributed by atoms with E-state index in [1.807, 2.05) is 0 Å². The van der Waals surface area contributed by atoms with Crippen LogP contribution < -0.4 is 0 Å². The summed E-state index contributed by atoms with van der Waals surface area (Å²) in [4.78, 5) is 13.0. The van der Waals surface area contributed by atoms with Crippen molar-refractivity contribution in [3.63, 3.8) is 0 Å². The average Bonchev–Trinajstić information content (AvgIpc) is 3.05. The summed E-state index contributed by atoms with van der Waals surface area (Å²) < 4.78 is 6.70. The maximum Gasteiger partial charge on any atom is 0.139 e. The molecule has 1 heterocycles. The van der Waals surface area contributed by atoms with Gasteiger partial charge in [-0.1, -0.05) is 48.5 Å². The predicted molar refractivity (Wildman–Crippen MR) is 129 cm³/mol. The number of hydrogen-bond donors (Lipinski definition) is 0. The summed E-state index contributed by atoms with van der Waals surface area (Å²) in [7, 11) is 0. The van der Waals surface area contributed by atoms with E-state index in [4.69, 9.17) is 4.74 Å². The van der Waals surface area contributed by atoms with E-state index < -0.39 is 0 Å². The lowest BCUT2D eigenvalue weighted by atomic mass is 9.33. The normalized spacial score (nSPS) is 57.7. The van der Waals surface area contributed by atoms with Crippen LogP contribution in [0.15, 0.2) is 0 Å². The second-order valence-electron chi connectivity index (χ2n) is 15.3. The molecule has 6 rings (SSSR count). The molecular weight excluding hydrogens is 392 g/mol. The van der Waals surface area contributed by atoms with E-state index in [1.165, 1.54) is 51.4 Å². The summed E-state index contributed by atoms with van der Waals surface area (Å²) in [6.45, 7) is 18.4. The third-order valence-electron chi connectivity index (χ3n) is 13.6. The lowest BCUT2D eigenvalue weighted by Crippen LogP contribution is -2.66. The minimum atomic E-state index is -0.118. The Hall–Kier alpha value is -0.370. The number of hydrogen-bond acceptors (Lipinski definition) is 2. The van der Waals surface area contributed by atoms with E-state index in [0.29, 0.717) is 45.4 Å². The number of ketones is 1. The first kappa shape index (κ1) is 22.1. The number of carbonyl (C=O) groups excluding carboxylic acids is 1. The Balaban J connectivity index is 1.39.